The second-order valence-corrected chi connectivity index (χ2v) is 5.39. The quantitative estimate of drug-likeness (QED) is 0.518. The number of carbonyl (C=O) groups is 2. The maximum atomic E-state index is 13.2. The Morgan fingerprint density at radius 2 is 1.77 bits per heavy atom. The van der Waals surface area contributed by atoms with E-state index in [0.717, 1.165) is 18.2 Å². The van der Waals surface area contributed by atoms with Gasteiger partial charge in [-0.3, -0.25) is 4.79 Å². The average Bonchev–Trinajstić information content (AvgIpc) is 3.04. The third-order valence-corrected chi connectivity index (χ3v) is 3.54. The highest BCUT2D eigenvalue weighted by Gasteiger charge is 2.20. The number of ether oxygens (including phenoxy) is 1. The number of rotatable bonds is 5. The van der Waals surface area contributed by atoms with Gasteiger partial charge in [0.25, 0.3) is 0 Å². The third-order valence-electron chi connectivity index (χ3n) is 3.54. The Hall–Kier alpha value is -3.42. The first kappa shape index (κ1) is 17.4. The van der Waals surface area contributed by atoms with Gasteiger partial charge < -0.3 is 4.74 Å². The summed E-state index contributed by atoms with van der Waals surface area (Å²) in [5, 5.41) is 8.20. The molecule has 3 rings (SSSR count). The smallest absolute Gasteiger partial charge is 0.361 e. The Bertz CT molecular complexity index is 971. The van der Waals surface area contributed by atoms with Gasteiger partial charge in [-0.2, -0.15) is 9.90 Å². The number of hydrogen-bond acceptors (Lipinski definition) is 5. The van der Waals surface area contributed by atoms with Crippen LogP contribution in [0.15, 0.2) is 48.5 Å². The molecule has 0 aliphatic heterocycles. The third kappa shape index (κ3) is 3.64. The number of esters is 1. The van der Waals surface area contributed by atoms with E-state index in [1.54, 1.807) is 31.2 Å². The van der Waals surface area contributed by atoms with Gasteiger partial charge in [-0.05, 0) is 37.3 Å². The first-order valence-corrected chi connectivity index (χ1v) is 7.60. The molecule has 0 saturated carbocycles. The number of para-hydroxylation sites is 1. The minimum absolute atomic E-state index is 0.0352. The predicted octanol–water partition coefficient (Wildman–Crippen LogP) is 2.89. The lowest BCUT2D eigenvalue weighted by Crippen LogP contribution is -2.16. The van der Waals surface area contributed by atoms with Crippen molar-refractivity contribution in [2.75, 3.05) is 6.61 Å². The molecule has 0 unspecified atom stereocenters. The molecule has 6 nitrogen and oxygen atoms in total. The number of hydrogen-bond donors (Lipinski definition) is 0. The molecule has 0 aliphatic carbocycles. The van der Waals surface area contributed by atoms with Crippen LogP contribution in [0.2, 0.25) is 0 Å². The Labute approximate surface area is 147 Å². The van der Waals surface area contributed by atoms with Crippen molar-refractivity contribution in [3.8, 4) is 5.69 Å². The Balaban J connectivity index is 1.69. The number of halogens is 2. The van der Waals surface area contributed by atoms with E-state index in [4.69, 9.17) is 4.74 Å². The number of Topliss-reactive ketones (excluding diaryl/α,β-unsaturated/α-hetero) is 1. The maximum Gasteiger partial charge on any atom is 0.361 e. The molecule has 132 valence electrons. The van der Waals surface area contributed by atoms with Crippen LogP contribution in [0.5, 0.6) is 0 Å². The van der Waals surface area contributed by atoms with Crippen molar-refractivity contribution in [1.29, 1.82) is 0 Å². The average molecular weight is 357 g/mol. The fraction of sp³-hybridized carbons (Fsp3) is 0.111. The summed E-state index contributed by atoms with van der Waals surface area (Å²) in [6.07, 6.45) is 0. The number of nitrogens with zero attached hydrogens (tertiary/aromatic N) is 3. The molecule has 8 heteroatoms. The molecular formula is C18H13F2N3O3. The van der Waals surface area contributed by atoms with Gasteiger partial charge in [0.05, 0.1) is 11.4 Å². The van der Waals surface area contributed by atoms with Crippen molar-refractivity contribution in [2.45, 2.75) is 6.92 Å². The van der Waals surface area contributed by atoms with Crippen LogP contribution in [0.4, 0.5) is 8.78 Å². The Kier molecular flexibility index (Phi) is 4.83. The van der Waals surface area contributed by atoms with Gasteiger partial charge >= 0.3 is 5.97 Å². The van der Waals surface area contributed by atoms with E-state index in [0.29, 0.717) is 11.4 Å². The molecule has 0 N–H and O–H groups in total. The number of aryl methyl sites for hydroxylation is 1. The molecule has 0 aliphatic rings. The van der Waals surface area contributed by atoms with Crippen molar-refractivity contribution >= 4 is 11.8 Å². The molecular weight excluding hydrogens is 344 g/mol. The standard InChI is InChI=1S/C18H13F2N3O3/c1-11-17(22-23(21-11)13-5-3-2-4-6-13)18(25)26-10-16(24)12-7-8-14(19)15(20)9-12/h2-9H,10H2,1H3. The van der Waals surface area contributed by atoms with Gasteiger partial charge in [-0.1, -0.05) is 18.2 Å². The van der Waals surface area contributed by atoms with Gasteiger partial charge in [0.2, 0.25) is 0 Å². The summed E-state index contributed by atoms with van der Waals surface area (Å²) in [7, 11) is 0. The number of benzene rings is 2. The number of carbonyl (C=O) groups excluding carboxylic acids is 2. The summed E-state index contributed by atoms with van der Waals surface area (Å²) in [4.78, 5) is 25.4. The largest absolute Gasteiger partial charge is 0.452 e. The molecule has 0 spiro atoms. The lowest BCUT2D eigenvalue weighted by molar-refractivity contribution is 0.0467. The number of ketones is 1. The maximum absolute atomic E-state index is 13.2. The molecule has 0 fully saturated rings. The lowest BCUT2D eigenvalue weighted by atomic mass is 10.1. The van der Waals surface area contributed by atoms with E-state index in [1.165, 1.54) is 4.80 Å². The van der Waals surface area contributed by atoms with Crippen LogP contribution >= 0.6 is 0 Å². The fourth-order valence-electron chi connectivity index (χ4n) is 2.20. The molecule has 26 heavy (non-hydrogen) atoms. The Morgan fingerprint density at radius 1 is 1.04 bits per heavy atom. The summed E-state index contributed by atoms with van der Waals surface area (Å²) in [6, 6.07) is 11.7. The summed E-state index contributed by atoms with van der Waals surface area (Å²) < 4.78 is 31.0. The van der Waals surface area contributed by atoms with Crippen molar-refractivity contribution in [1.82, 2.24) is 15.0 Å². The molecule has 1 aromatic heterocycles. The second kappa shape index (κ2) is 7.22. The SMILES string of the molecule is Cc1nn(-c2ccccc2)nc1C(=O)OCC(=O)c1ccc(F)c(F)c1. The van der Waals surface area contributed by atoms with E-state index in [1.807, 2.05) is 6.07 Å². The zero-order valence-corrected chi connectivity index (χ0v) is 13.6. The first-order valence-electron chi connectivity index (χ1n) is 7.60. The zero-order valence-electron chi connectivity index (χ0n) is 13.6. The van der Waals surface area contributed by atoms with Crippen LogP contribution in [0.3, 0.4) is 0 Å². The zero-order chi connectivity index (χ0) is 18.7. The summed E-state index contributed by atoms with van der Waals surface area (Å²) in [5.74, 6) is -3.71. The van der Waals surface area contributed by atoms with E-state index in [-0.39, 0.29) is 11.3 Å². The summed E-state index contributed by atoms with van der Waals surface area (Å²) in [6.45, 7) is 0.960. The van der Waals surface area contributed by atoms with E-state index in [9.17, 15) is 18.4 Å². The lowest BCUT2D eigenvalue weighted by Gasteiger charge is -2.03. The van der Waals surface area contributed by atoms with Crippen molar-refractivity contribution < 1.29 is 23.1 Å². The molecule has 0 saturated heterocycles. The molecule has 0 atom stereocenters. The minimum atomic E-state index is -1.15. The first-order chi connectivity index (χ1) is 12.5. The van der Waals surface area contributed by atoms with Crippen molar-refractivity contribution in [2.24, 2.45) is 0 Å². The van der Waals surface area contributed by atoms with Gasteiger partial charge in [-0.15, -0.1) is 5.10 Å². The highest BCUT2D eigenvalue weighted by molar-refractivity contribution is 5.99. The van der Waals surface area contributed by atoms with E-state index < -0.39 is 30.0 Å². The molecule has 0 amide bonds. The molecule has 0 radical (unpaired) electrons. The molecule has 3 aromatic rings. The molecule has 2 aromatic carbocycles. The van der Waals surface area contributed by atoms with Crippen molar-refractivity contribution in [3.05, 3.63) is 77.1 Å². The van der Waals surface area contributed by atoms with E-state index in [2.05, 4.69) is 10.2 Å². The highest BCUT2D eigenvalue weighted by Crippen LogP contribution is 2.11. The van der Waals surface area contributed by atoms with Gasteiger partial charge in [0.15, 0.2) is 29.7 Å². The van der Waals surface area contributed by atoms with Gasteiger partial charge in [0, 0.05) is 5.56 Å². The second-order valence-electron chi connectivity index (χ2n) is 5.39. The summed E-state index contributed by atoms with van der Waals surface area (Å²) >= 11 is 0. The normalized spacial score (nSPS) is 10.6. The van der Waals surface area contributed by atoms with Crippen LogP contribution in [0.25, 0.3) is 5.69 Å². The van der Waals surface area contributed by atoms with Crippen LogP contribution in [0, 0.1) is 18.6 Å². The highest BCUT2D eigenvalue weighted by atomic mass is 19.2. The molecule has 0 bridgehead atoms. The monoisotopic (exact) mass is 357 g/mol. The predicted molar refractivity (Wildman–Crippen MR) is 87.1 cm³/mol. The number of aromatic nitrogens is 3. The van der Waals surface area contributed by atoms with Crippen LogP contribution < -0.4 is 0 Å². The van der Waals surface area contributed by atoms with Crippen LogP contribution in [0.1, 0.15) is 26.5 Å². The van der Waals surface area contributed by atoms with Crippen LogP contribution in [-0.4, -0.2) is 33.4 Å². The summed E-state index contributed by atoms with van der Waals surface area (Å²) in [5.41, 5.74) is 0.861. The fourth-order valence-corrected chi connectivity index (χ4v) is 2.20. The Morgan fingerprint density at radius 3 is 2.46 bits per heavy atom. The molecule has 1 heterocycles. The van der Waals surface area contributed by atoms with E-state index >= 15 is 0 Å². The van der Waals surface area contributed by atoms with Crippen LogP contribution in [-0.2, 0) is 4.74 Å². The van der Waals surface area contributed by atoms with Crippen molar-refractivity contribution in [3.63, 3.8) is 0 Å². The minimum Gasteiger partial charge on any atom is -0.452 e. The topological polar surface area (TPSA) is 74.1 Å². The van der Waals surface area contributed by atoms with Gasteiger partial charge in [-0.25, -0.2) is 13.6 Å². The van der Waals surface area contributed by atoms with Gasteiger partial charge in [0.1, 0.15) is 0 Å².